The average molecular weight is 346 g/mol. The van der Waals surface area contributed by atoms with Gasteiger partial charge in [-0.05, 0) is 44.0 Å². The number of benzene rings is 2. The van der Waals surface area contributed by atoms with E-state index in [-0.39, 0.29) is 17.2 Å². The Hall–Kier alpha value is -2.34. The second-order valence-corrected chi connectivity index (χ2v) is 6.48. The molecule has 0 unspecified atom stereocenters. The van der Waals surface area contributed by atoms with Gasteiger partial charge in [0.05, 0.1) is 11.3 Å². The standard InChI is InChI=1S/C18H19FN2O2S/c1-11-8-12(2)17(13(3)9-11)24-10-16(22)20-21-18(23)14-6-4-5-7-15(14)19/h4-9H,10H2,1-3H3,(H,20,22)(H,21,23). The molecule has 0 heterocycles. The molecule has 0 fully saturated rings. The summed E-state index contributed by atoms with van der Waals surface area (Å²) in [6.07, 6.45) is 0. The molecule has 24 heavy (non-hydrogen) atoms. The topological polar surface area (TPSA) is 58.2 Å². The van der Waals surface area contributed by atoms with Gasteiger partial charge in [-0.3, -0.25) is 20.4 Å². The summed E-state index contributed by atoms with van der Waals surface area (Å²) < 4.78 is 13.5. The summed E-state index contributed by atoms with van der Waals surface area (Å²) in [6, 6.07) is 9.71. The second kappa shape index (κ2) is 7.97. The van der Waals surface area contributed by atoms with Crippen LogP contribution < -0.4 is 10.9 Å². The van der Waals surface area contributed by atoms with Crippen molar-refractivity contribution < 1.29 is 14.0 Å². The van der Waals surface area contributed by atoms with Gasteiger partial charge in [-0.1, -0.05) is 29.8 Å². The van der Waals surface area contributed by atoms with Crippen LogP contribution >= 0.6 is 11.8 Å². The highest BCUT2D eigenvalue weighted by Crippen LogP contribution is 2.27. The minimum absolute atomic E-state index is 0.115. The summed E-state index contributed by atoms with van der Waals surface area (Å²) in [5, 5.41) is 0. The summed E-state index contributed by atoms with van der Waals surface area (Å²) in [5.41, 5.74) is 7.81. The molecule has 0 radical (unpaired) electrons. The molecule has 2 rings (SSSR count). The largest absolute Gasteiger partial charge is 0.272 e. The van der Waals surface area contributed by atoms with Crippen molar-refractivity contribution in [1.82, 2.24) is 10.9 Å². The lowest BCUT2D eigenvalue weighted by molar-refractivity contribution is -0.119. The maximum Gasteiger partial charge on any atom is 0.272 e. The second-order valence-electron chi connectivity index (χ2n) is 5.50. The van der Waals surface area contributed by atoms with Gasteiger partial charge in [0.2, 0.25) is 5.91 Å². The van der Waals surface area contributed by atoms with Crippen molar-refractivity contribution in [2.24, 2.45) is 0 Å². The number of hydrogen-bond donors (Lipinski definition) is 2. The predicted molar refractivity (Wildman–Crippen MR) is 93.4 cm³/mol. The van der Waals surface area contributed by atoms with E-state index in [4.69, 9.17) is 0 Å². The van der Waals surface area contributed by atoms with Crippen LogP contribution in [0.5, 0.6) is 0 Å². The van der Waals surface area contributed by atoms with Crippen LogP contribution in [-0.4, -0.2) is 17.6 Å². The smallest absolute Gasteiger partial charge is 0.272 e. The summed E-state index contributed by atoms with van der Waals surface area (Å²) >= 11 is 1.40. The Labute approximate surface area is 144 Å². The van der Waals surface area contributed by atoms with E-state index < -0.39 is 11.7 Å². The summed E-state index contributed by atoms with van der Waals surface area (Å²) in [6.45, 7) is 6.03. The Morgan fingerprint density at radius 3 is 2.29 bits per heavy atom. The lowest BCUT2D eigenvalue weighted by atomic mass is 10.1. The summed E-state index contributed by atoms with van der Waals surface area (Å²) in [5.74, 6) is -1.52. The van der Waals surface area contributed by atoms with Gasteiger partial charge in [-0.2, -0.15) is 0 Å². The van der Waals surface area contributed by atoms with E-state index in [1.54, 1.807) is 6.07 Å². The van der Waals surface area contributed by atoms with Crippen LogP contribution in [-0.2, 0) is 4.79 Å². The van der Waals surface area contributed by atoms with Crippen molar-refractivity contribution >= 4 is 23.6 Å². The molecule has 2 aromatic rings. The zero-order valence-electron chi connectivity index (χ0n) is 13.8. The first-order valence-electron chi connectivity index (χ1n) is 7.43. The third-order valence-electron chi connectivity index (χ3n) is 3.39. The highest BCUT2D eigenvalue weighted by atomic mass is 32.2. The summed E-state index contributed by atoms with van der Waals surface area (Å²) in [4.78, 5) is 24.8. The molecule has 0 bridgehead atoms. The first-order valence-corrected chi connectivity index (χ1v) is 8.41. The molecule has 0 spiro atoms. The van der Waals surface area contributed by atoms with E-state index in [0.717, 1.165) is 16.0 Å². The van der Waals surface area contributed by atoms with Gasteiger partial charge in [0.25, 0.3) is 5.91 Å². The minimum atomic E-state index is -0.686. The first-order chi connectivity index (χ1) is 11.4. The van der Waals surface area contributed by atoms with Crippen LogP contribution in [0.4, 0.5) is 4.39 Å². The molecule has 126 valence electrons. The van der Waals surface area contributed by atoms with Crippen molar-refractivity contribution in [1.29, 1.82) is 0 Å². The number of amides is 2. The fraction of sp³-hybridized carbons (Fsp3) is 0.222. The molecule has 0 aliphatic carbocycles. The minimum Gasteiger partial charge on any atom is -0.272 e. The van der Waals surface area contributed by atoms with Gasteiger partial charge in [0.15, 0.2) is 0 Å². The van der Waals surface area contributed by atoms with Crippen LogP contribution in [0, 0.1) is 26.6 Å². The van der Waals surface area contributed by atoms with E-state index in [1.807, 2.05) is 20.8 Å². The molecule has 2 aromatic carbocycles. The van der Waals surface area contributed by atoms with Crippen LogP contribution in [0.25, 0.3) is 0 Å². The van der Waals surface area contributed by atoms with Crippen molar-refractivity contribution in [3.63, 3.8) is 0 Å². The first kappa shape index (κ1) is 18.0. The van der Waals surface area contributed by atoms with Crippen molar-refractivity contribution in [2.75, 3.05) is 5.75 Å². The van der Waals surface area contributed by atoms with Gasteiger partial charge in [0.1, 0.15) is 5.82 Å². The lowest BCUT2D eigenvalue weighted by Crippen LogP contribution is -2.42. The molecule has 6 heteroatoms. The molecular formula is C18H19FN2O2S. The zero-order valence-corrected chi connectivity index (χ0v) is 14.6. The monoisotopic (exact) mass is 346 g/mol. The summed E-state index contributed by atoms with van der Waals surface area (Å²) in [7, 11) is 0. The van der Waals surface area contributed by atoms with Crippen molar-refractivity contribution in [3.05, 3.63) is 64.5 Å². The Balaban J connectivity index is 1.88. The molecular weight excluding hydrogens is 327 g/mol. The van der Waals surface area contributed by atoms with Gasteiger partial charge in [0, 0.05) is 4.90 Å². The van der Waals surface area contributed by atoms with E-state index in [9.17, 15) is 14.0 Å². The van der Waals surface area contributed by atoms with Gasteiger partial charge in [-0.25, -0.2) is 4.39 Å². The molecule has 4 nitrogen and oxygen atoms in total. The lowest BCUT2D eigenvalue weighted by Gasteiger charge is -2.11. The maximum atomic E-state index is 13.5. The van der Waals surface area contributed by atoms with Crippen LogP contribution in [0.3, 0.4) is 0 Å². The van der Waals surface area contributed by atoms with Crippen LogP contribution in [0.2, 0.25) is 0 Å². The number of carbonyl (C=O) groups excluding carboxylic acids is 2. The normalized spacial score (nSPS) is 10.3. The number of carbonyl (C=O) groups is 2. The highest BCUT2D eigenvalue weighted by Gasteiger charge is 2.12. The number of nitrogens with one attached hydrogen (secondary N) is 2. The Bertz CT molecular complexity index is 754. The Morgan fingerprint density at radius 1 is 1.04 bits per heavy atom. The van der Waals surface area contributed by atoms with E-state index >= 15 is 0 Å². The number of hydrazine groups is 1. The van der Waals surface area contributed by atoms with Crippen molar-refractivity contribution in [2.45, 2.75) is 25.7 Å². The van der Waals surface area contributed by atoms with Crippen molar-refractivity contribution in [3.8, 4) is 0 Å². The SMILES string of the molecule is Cc1cc(C)c(SCC(=O)NNC(=O)c2ccccc2F)c(C)c1. The third kappa shape index (κ3) is 4.58. The van der Waals surface area contributed by atoms with E-state index in [2.05, 4.69) is 23.0 Å². The molecule has 0 aliphatic heterocycles. The van der Waals surface area contributed by atoms with Gasteiger partial charge in [-0.15, -0.1) is 11.8 Å². The molecule has 2 amide bonds. The zero-order chi connectivity index (χ0) is 17.7. The predicted octanol–water partition coefficient (Wildman–Crippen LogP) is 3.30. The molecule has 2 N–H and O–H groups in total. The van der Waals surface area contributed by atoms with E-state index in [1.165, 1.54) is 35.5 Å². The molecule has 0 aromatic heterocycles. The van der Waals surface area contributed by atoms with Gasteiger partial charge < -0.3 is 0 Å². The quantitative estimate of drug-likeness (QED) is 0.660. The number of thioether (sulfide) groups is 1. The molecule has 0 saturated heterocycles. The fourth-order valence-corrected chi connectivity index (χ4v) is 3.33. The molecule has 0 aliphatic rings. The van der Waals surface area contributed by atoms with Gasteiger partial charge >= 0.3 is 0 Å². The number of rotatable bonds is 4. The van der Waals surface area contributed by atoms with Crippen LogP contribution in [0.15, 0.2) is 41.3 Å². The number of halogens is 1. The molecule has 0 saturated carbocycles. The third-order valence-corrected chi connectivity index (χ3v) is 4.73. The van der Waals surface area contributed by atoms with E-state index in [0.29, 0.717) is 0 Å². The maximum absolute atomic E-state index is 13.5. The number of aryl methyl sites for hydroxylation is 3. The number of hydrogen-bond acceptors (Lipinski definition) is 3. The highest BCUT2D eigenvalue weighted by molar-refractivity contribution is 8.00. The van der Waals surface area contributed by atoms with Crippen LogP contribution in [0.1, 0.15) is 27.0 Å². The Morgan fingerprint density at radius 2 is 1.67 bits per heavy atom. The fourth-order valence-electron chi connectivity index (χ4n) is 2.41. The Kier molecular flexibility index (Phi) is 5.98. The molecule has 0 atom stereocenters. The average Bonchev–Trinajstić information content (AvgIpc) is 2.52.